The molecular weight excluding hydrogens is 417 g/mol. The van der Waals surface area contributed by atoms with Gasteiger partial charge in [-0.2, -0.15) is 18.3 Å². The predicted molar refractivity (Wildman–Crippen MR) is 118 cm³/mol. The number of guanidine groups is 1. The van der Waals surface area contributed by atoms with Gasteiger partial charge in [0, 0.05) is 50.0 Å². The largest absolute Gasteiger partial charge is 0.435 e. The highest BCUT2D eigenvalue weighted by molar-refractivity contribution is 5.80. The van der Waals surface area contributed by atoms with E-state index in [1.807, 2.05) is 13.0 Å². The average Bonchev–Trinajstić information content (AvgIpc) is 3.23. The van der Waals surface area contributed by atoms with Gasteiger partial charge in [0.25, 0.3) is 0 Å². The van der Waals surface area contributed by atoms with Crippen LogP contribution in [0.5, 0.6) is 0 Å². The van der Waals surface area contributed by atoms with Crippen molar-refractivity contribution in [1.29, 1.82) is 0 Å². The van der Waals surface area contributed by atoms with Crippen molar-refractivity contribution >= 4 is 5.96 Å². The lowest BCUT2D eigenvalue weighted by atomic mass is 9.96. The number of fused-ring (bicyclic) bond motifs is 2. The number of nitrogens with zero attached hydrogens (tertiary/aromatic N) is 4. The molecule has 0 radical (unpaired) electrons. The molecule has 1 aromatic carbocycles. The minimum Gasteiger partial charge on any atom is -0.357 e. The van der Waals surface area contributed by atoms with Gasteiger partial charge in [0.15, 0.2) is 11.7 Å². The number of benzene rings is 1. The second kappa shape index (κ2) is 9.52. The molecule has 2 aromatic rings. The number of aliphatic imine (C=N–C) groups is 1. The van der Waals surface area contributed by atoms with Gasteiger partial charge in [-0.1, -0.05) is 30.3 Å². The number of aromatic nitrogens is 2. The highest BCUT2D eigenvalue weighted by Crippen LogP contribution is 2.37. The van der Waals surface area contributed by atoms with E-state index in [-0.39, 0.29) is 18.2 Å². The van der Waals surface area contributed by atoms with Crippen LogP contribution in [-0.2, 0) is 26.3 Å². The molecule has 0 aliphatic carbocycles. The zero-order valence-electron chi connectivity index (χ0n) is 18.6. The van der Waals surface area contributed by atoms with Crippen molar-refractivity contribution in [3.63, 3.8) is 0 Å². The average molecular weight is 449 g/mol. The summed E-state index contributed by atoms with van der Waals surface area (Å²) in [5.41, 5.74) is 0.546. The fourth-order valence-corrected chi connectivity index (χ4v) is 5.01. The van der Waals surface area contributed by atoms with Gasteiger partial charge in [0.1, 0.15) is 0 Å². The van der Waals surface area contributed by atoms with Crippen molar-refractivity contribution in [1.82, 2.24) is 25.3 Å². The third kappa shape index (κ3) is 5.26. The molecule has 2 N–H and O–H groups in total. The quantitative estimate of drug-likeness (QED) is 0.523. The van der Waals surface area contributed by atoms with Gasteiger partial charge in [-0.3, -0.25) is 9.58 Å². The number of halogens is 3. The molecule has 3 heterocycles. The van der Waals surface area contributed by atoms with Crippen molar-refractivity contribution in [3.8, 4) is 0 Å². The molecule has 4 rings (SSSR count). The van der Waals surface area contributed by atoms with Crippen LogP contribution in [0.4, 0.5) is 13.2 Å². The summed E-state index contributed by atoms with van der Waals surface area (Å²) in [5, 5.41) is 10.2. The number of aryl methyl sites for hydroxylation is 1. The summed E-state index contributed by atoms with van der Waals surface area (Å²) in [5.74, 6) is 0.561. The number of piperidine rings is 1. The number of alkyl halides is 3. The Labute approximate surface area is 186 Å². The zero-order valence-corrected chi connectivity index (χ0v) is 18.6. The molecular formula is C23H31F3N6. The molecule has 0 amide bonds. The maximum absolute atomic E-state index is 13.2. The van der Waals surface area contributed by atoms with E-state index in [1.54, 1.807) is 0 Å². The molecule has 2 fully saturated rings. The topological polar surface area (TPSA) is 57.5 Å². The fraction of sp³-hybridized carbons (Fsp3) is 0.565. The highest BCUT2D eigenvalue weighted by Gasteiger charge is 2.41. The summed E-state index contributed by atoms with van der Waals surface area (Å²) >= 11 is 0. The zero-order chi connectivity index (χ0) is 22.7. The molecule has 32 heavy (non-hydrogen) atoms. The monoisotopic (exact) mass is 448 g/mol. The van der Waals surface area contributed by atoms with Crippen molar-refractivity contribution in [2.75, 3.05) is 6.54 Å². The second-order valence-electron chi connectivity index (χ2n) is 8.73. The van der Waals surface area contributed by atoms with Crippen LogP contribution in [0.3, 0.4) is 0 Å². The van der Waals surface area contributed by atoms with Crippen LogP contribution >= 0.6 is 0 Å². The molecule has 2 saturated heterocycles. The molecule has 2 aliphatic heterocycles. The normalized spacial score (nSPS) is 24.0. The van der Waals surface area contributed by atoms with E-state index in [4.69, 9.17) is 0 Å². The van der Waals surface area contributed by atoms with Crippen molar-refractivity contribution in [2.24, 2.45) is 12.0 Å². The second-order valence-corrected chi connectivity index (χ2v) is 8.73. The van der Waals surface area contributed by atoms with Crippen molar-refractivity contribution in [2.45, 2.75) is 70.0 Å². The summed E-state index contributed by atoms with van der Waals surface area (Å²) in [4.78, 5) is 7.06. The van der Waals surface area contributed by atoms with E-state index in [0.717, 1.165) is 19.4 Å². The summed E-state index contributed by atoms with van der Waals surface area (Å²) in [6, 6.07) is 11.8. The third-order valence-corrected chi connectivity index (χ3v) is 6.36. The molecule has 1 aromatic heterocycles. The molecule has 2 aliphatic rings. The minimum atomic E-state index is -4.48. The predicted octanol–water partition coefficient (Wildman–Crippen LogP) is 3.69. The Morgan fingerprint density at radius 2 is 1.84 bits per heavy atom. The van der Waals surface area contributed by atoms with E-state index in [1.165, 1.54) is 36.3 Å². The first-order chi connectivity index (χ1) is 15.3. The summed E-state index contributed by atoms with van der Waals surface area (Å²) in [7, 11) is 1.49. The Morgan fingerprint density at radius 3 is 2.47 bits per heavy atom. The number of hydrogen-bond acceptors (Lipinski definition) is 3. The molecule has 2 bridgehead atoms. The first kappa shape index (κ1) is 22.6. The molecule has 9 heteroatoms. The summed E-state index contributed by atoms with van der Waals surface area (Å²) in [6.07, 6.45) is 1.30. The Balaban J connectivity index is 1.40. The molecule has 0 spiro atoms. The van der Waals surface area contributed by atoms with Crippen LogP contribution in [0.2, 0.25) is 0 Å². The Morgan fingerprint density at radius 1 is 1.16 bits per heavy atom. The first-order valence-electron chi connectivity index (χ1n) is 11.3. The maximum atomic E-state index is 13.2. The Hall–Kier alpha value is -2.55. The summed E-state index contributed by atoms with van der Waals surface area (Å²) in [6.45, 7) is 3.50. The first-order valence-corrected chi connectivity index (χ1v) is 11.3. The Bertz CT molecular complexity index is 910. The van der Waals surface area contributed by atoms with E-state index >= 15 is 0 Å². The third-order valence-electron chi connectivity index (χ3n) is 6.36. The lowest BCUT2D eigenvalue weighted by molar-refractivity contribution is -0.142. The van der Waals surface area contributed by atoms with Crippen LogP contribution in [0.15, 0.2) is 41.5 Å². The number of nitrogens with one attached hydrogen (secondary N) is 2. The van der Waals surface area contributed by atoms with Gasteiger partial charge >= 0.3 is 6.18 Å². The molecule has 174 valence electrons. The Kier molecular flexibility index (Phi) is 6.74. The van der Waals surface area contributed by atoms with Gasteiger partial charge < -0.3 is 10.6 Å². The lowest BCUT2D eigenvalue weighted by Gasteiger charge is -2.39. The summed E-state index contributed by atoms with van der Waals surface area (Å²) < 4.78 is 40.9. The van der Waals surface area contributed by atoms with E-state index < -0.39 is 11.9 Å². The van der Waals surface area contributed by atoms with Gasteiger partial charge in [0.2, 0.25) is 0 Å². The van der Waals surface area contributed by atoms with Crippen LogP contribution in [0.25, 0.3) is 0 Å². The maximum Gasteiger partial charge on any atom is 0.435 e. The molecule has 0 saturated carbocycles. The molecule has 2 atom stereocenters. The van der Waals surface area contributed by atoms with Gasteiger partial charge in [-0.05, 0) is 38.2 Å². The standard InChI is InChI=1S/C23H31F3N6/c1-3-27-22(28-13-17-15-31(2)30-21(17)23(24,25)26)29-18-11-19-9-10-20(12-18)32(19)14-16-7-5-4-6-8-16/h4-8,15,18-20H,3,9-14H2,1-2H3,(H2,27,28,29). The fourth-order valence-electron chi connectivity index (χ4n) is 5.01. The SMILES string of the molecule is CCNC(=NCc1cn(C)nc1C(F)(F)F)NC1CC2CCC(C1)N2Cc1ccccc1. The van der Waals surface area contributed by atoms with E-state index in [0.29, 0.717) is 24.6 Å². The lowest BCUT2D eigenvalue weighted by Crippen LogP contribution is -2.52. The van der Waals surface area contributed by atoms with Gasteiger partial charge in [0.05, 0.1) is 6.54 Å². The van der Waals surface area contributed by atoms with Gasteiger partial charge in [-0.25, -0.2) is 4.99 Å². The van der Waals surface area contributed by atoms with Crippen molar-refractivity contribution in [3.05, 3.63) is 53.3 Å². The van der Waals surface area contributed by atoms with Gasteiger partial charge in [-0.15, -0.1) is 0 Å². The minimum absolute atomic E-state index is 0.0717. The molecule has 2 unspecified atom stereocenters. The van der Waals surface area contributed by atoms with E-state index in [9.17, 15) is 13.2 Å². The number of rotatable bonds is 6. The number of hydrogen-bond donors (Lipinski definition) is 2. The van der Waals surface area contributed by atoms with Crippen LogP contribution < -0.4 is 10.6 Å². The van der Waals surface area contributed by atoms with Crippen LogP contribution in [-0.4, -0.2) is 45.3 Å². The smallest absolute Gasteiger partial charge is 0.357 e. The van der Waals surface area contributed by atoms with E-state index in [2.05, 4.69) is 49.9 Å². The van der Waals surface area contributed by atoms with Crippen LogP contribution in [0.1, 0.15) is 49.4 Å². The molecule has 6 nitrogen and oxygen atoms in total. The highest BCUT2D eigenvalue weighted by atomic mass is 19.4. The van der Waals surface area contributed by atoms with Crippen LogP contribution in [0, 0.1) is 0 Å². The van der Waals surface area contributed by atoms with Crippen molar-refractivity contribution < 1.29 is 13.2 Å².